The molecule has 132 valence electrons. The van der Waals surface area contributed by atoms with Crippen molar-refractivity contribution in [1.82, 2.24) is 0 Å². The summed E-state index contributed by atoms with van der Waals surface area (Å²) in [7, 11) is 4.36. The summed E-state index contributed by atoms with van der Waals surface area (Å²) in [6.07, 6.45) is 5.79. The zero-order valence-electron chi connectivity index (χ0n) is 14.9. The van der Waals surface area contributed by atoms with Crippen molar-refractivity contribution >= 4 is 0 Å². The zero-order chi connectivity index (χ0) is 16.3. The van der Waals surface area contributed by atoms with Crippen molar-refractivity contribution in [3.8, 4) is 5.75 Å². The van der Waals surface area contributed by atoms with Crippen molar-refractivity contribution in [1.29, 1.82) is 0 Å². The lowest BCUT2D eigenvalue weighted by Gasteiger charge is -2.12. The third kappa shape index (κ3) is 7.85. The van der Waals surface area contributed by atoms with Crippen molar-refractivity contribution in [3.05, 3.63) is 65.7 Å². The summed E-state index contributed by atoms with van der Waals surface area (Å²) in [6, 6.07) is 19.2. The lowest BCUT2D eigenvalue weighted by molar-refractivity contribution is -0.858. The van der Waals surface area contributed by atoms with Crippen molar-refractivity contribution in [2.45, 2.75) is 32.1 Å². The number of ether oxygens (including phenoxy) is 1. The molecular formula is C21H30ClNO. The van der Waals surface area contributed by atoms with Gasteiger partial charge in [0.25, 0.3) is 0 Å². The van der Waals surface area contributed by atoms with Gasteiger partial charge in [0.2, 0.25) is 0 Å². The van der Waals surface area contributed by atoms with Crippen molar-refractivity contribution in [3.63, 3.8) is 0 Å². The van der Waals surface area contributed by atoms with Gasteiger partial charge in [-0.05, 0) is 42.9 Å². The number of hydrogen-bond donors (Lipinski definition) is 1. The lowest BCUT2D eigenvalue weighted by atomic mass is 10.0. The summed E-state index contributed by atoms with van der Waals surface area (Å²) in [6.45, 7) is 1.96. The minimum absolute atomic E-state index is 0. The van der Waals surface area contributed by atoms with Gasteiger partial charge in [-0.2, -0.15) is 0 Å². The van der Waals surface area contributed by atoms with E-state index >= 15 is 0 Å². The van der Waals surface area contributed by atoms with Gasteiger partial charge in [0.15, 0.2) is 0 Å². The topological polar surface area (TPSA) is 13.7 Å². The van der Waals surface area contributed by atoms with E-state index in [1.807, 2.05) is 0 Å². The number of quaternary nitrogens is 1. The van der Waals surface area contributed by atoms with Crippen LogP contribution < -0.4 is 22.0 Å². The summed E-state index contributed by atoms with van der Waals surface area (Å²) in [5.74, 6) is 1.07. The maximum atomic E-state index is 5.99. The Morgan fingerprint density at radius 3 is 2.21 bits per heavy atom. The average Bonchev–Trinajstić information content (AvgIpc) is 2.57. The molecule has 0 saturated carbocycles. The van der Waals surface area contributed by atoms with Crippen LogP contribution in [0.5, 0.6) is 5.75 Å². The molecule has 0 aliphatic carbocycles. The molecule has 3 heteroatoms. The van der Waals surface area contributed by atoms with Crippen LogP contribution in [0.25, 0.3) is 0 Å². The zero-order valence-corrected chi connectivity index (χ0v) is 15.7. The molecule has 2 aromatic carbocycles. The van der Waals surface area contributed by atoms with Crippen molar-refractivity contribution < 1.29 is 22.0 Å². The van der Waals surface area contributed by atoms with Crippen LogP contribution in [-0.4, -0.2) is 27.2 Å². The van der Waals surface area contributed by atoms with E-state index in [1.165, 1.54) is 28.9 Å². The second kappa shape index (κ2) is 11.9. The molecule has 0 aromatic heterocycles. The molecule has 1 N–H and O–H groups in total. The molecule has 2 aromatic rings. The van der Waals surface area contributed by atoms with E-state index in [0.29, 0.717) is 0 Å². The second-order valence-electron chi connectivity index (χ2n) is 6.46. The van der Waals surface area contributed by atoms with Crippen LogP contribution in [0.4, 0.5) is 0 Å². The number of rotatable bonds is 10. The first-order chi connectivity index (χ1) is 11.3. The van der Waals surface area contributed by atoms with E-state index in [1.54, 1.807) is 0 Å². The maximum absolute atomic E-state index is 5.99. The van der Waals surface area contributed by atoms with Crippen LogP contribution in [0.2, 0.25) is 0 Å². The number of benzene rings is 2. The molecule has 0 fully saturated rings. The van der Waals surface area contributed by atoms with Gasteiger partial charge in [-0.1, -0.05) is 48.5 Å². The Balaban J connectivity index is 0.00000288. The average molecular weight is 348 g/mol. The highest BCUT2D eigenvalue weighted by molar-refractivity contribution is 5.33. The Morgan fingerprint density at radius 2 is 1.46 bits per heavy atom. The first-order valence-corrected chi connectivity index (χ1v) is 8.79. The largest absolute Gasteiger partial charge is 1.00 e. The van der Waals surface area contributed by atoms with Gasteiger partial charge in [0, 0.05) is 6.42 Å². The van der Waals surface area contributed by atoms with Crippen LogP contribution in [0.3, 0.4) is 0 Å². The predicted octanol–water partition coefficient (Wildman–Crippen LogP) is 0.169. The predicted molar refractivity (Wildman–Crippen MR) is 97.3 cm³/mol. The Labute approximate surface area is 153 Å². The van der Waals surface area contributed by atoms with Gasteiger partial charge in [-0.15, -0.1) is 0 Å². The molecule has 0 spiro atoms. The van der Waals surface area contributed by atoms with E-state index in [-0.39, 0.29) is 12.4 Å². The number of nitrogens with one attached hydrogen (secondary N) is 1. The number of hydrogen-bond acceptors (Lipinski definition) is 1. The Morgan fingerprint density at radius 1 is 0.792 bits per heavy atom. The summed E-state index contributed by atoms with van der Waals surface area (Å²) in [5.41, 5.74) is 2.78. The minimum Gasteiger partial charge on any atom is -1.00 e. The summed E-state index contributed by atoms with van der Waals surface area (Å²) >= 11 is 0. The first kappa shape index (κ1) is 20.5. The summed E-state index contributed by atoms with van der Waals surface area (Å²) in [5, 5.41) is 0. The minimum atomic E-state index is 0. The van der Waals surface area contributed by atoms with Crippen LogP contribution in [0.15, 0.2) is 54.6 Å². The third-order valence-electron chi connectivity index (χ3n) is 4.06. The second-order valence-corrected chi connectivity index (χ2v) is 6.46. The number of halogens is 1. The molecule has 2 rings (SSSR count). The Hall–Kier alpha value is -1.51. The molecule has 0 amide bonds. The normalized spacial score (nSPS) is 10.5. The van der Waals surface area contributed by atoms with E-state index in [0.717, 1.165) is 38.2 Å². The van der Waals surface area contributed by atoms with Crippen LogP contribution in [-0.2, 0) is 12.8 Å². The fourth-order valence-electron chi connectivity index (χ4n) is 2.75. The van der Waals surface area contributed by atoms with Gasteiger partial charge in [0.05, 0.1) is 27.2 Å². The SMILES string of the molecule is C[NH+](C)CCCOc1ccccc1CCCCc1ccccc1.[Cl-]. The fraction of sp³-hybridized carbons (Fsp3) is 0.429. The molecule has 0 atom stereocenters. The molecule has 0 saturated heterocycles. The van der Waals surface area contributed by atoms with Crippen LogP contribution >= 0.6 is 0 Å². The molecule has 0 aliphatic heterocycles. The van der Waals surface area contributed by atoms with Gasteiger partial charge in [-0.25, -0.2) is 0 Å². The number of unbranched alkanes of at least 4 members (excludes halogenated alkanes) is 1. The highest BCUT2D eigenvalue weighted by Crippen LogP contribution is 2.20. The highest BCUT2D eigenvalue weighted by Gasteiger charge is 2.04. The Kier molecular flexibility index (Phi) is 10.2. The molecular weight excluding hydrogens is 318 g/mol. The Bertz CT molecular complexity index is 557. The highest BCUT2D eigenvalue weighted by atomic mass is 35.5. The molecule has 0 aliphatic rings. The molecule has 0 radical (unpaired) electrons. The van der Waals surface area contributed by atoms with Crippen LogP contribution in [0.1, 0.15) is 30.4 Å². The molecule has 0 unspecified atom stereocenters. The van der Waals surface area contributed by atoms with Gasteiger partial charge < -0.3 is 22.0 Å². The monoisotopic (exact) mass is 347 g/mol. The first-order valence-electron chi connectivity index (χ1n) is 8.79. The van der Waals surface area contributed by atoms with Crippen molar-refractivity contribution in [2.75, 3.05) is 27.2 Å². The molecule has 24 heavy (non-hydrogen) atoms. The maximum Gasteiger partial charge on any atom is 0.122 e. The molecule has 2 nitrogen and oxygen atoms in total. The van der Waals surface area contributed by atoms with E-state index in [9.17, 15) is 0 Å². The molecule has 0 heterocycles. The third-order valence-corrected chi connectivity index (χ3v) is 4.06. The number of aryl methyl sites for hydroxylation is 2. The standard InChI is InChI=1S/C21H29NO.ClH/c1-22(2)17-10-18-23-21-16-9-8-15-20(21)14-7-6-13-19-11-4-3-5-12-19;/h3-5,8-9,11-12,15-16H,6-7,10,13-14,17-18H2,1-2H3;1H. The lowest BCUT2D eigenvalue weighted by Crippen LogP contribution is -3.05. The van der Waals surface area contributed by atoms with Crippen molar-refractivity contribution in [2.24, 2.45) is 0 Å². The van der Waals surface area contributed by atoms with E-state index in [4.69, 9.17) is 4.74 Å². The van der Waals surface area contributed by atoms with Gasteiger partial charge >= 0.3 is 0 Å². The van der Waals surface area contributed by atoms with Gasteiger partial charge in [0.1, 0.15) is 5.75 Å². The quantitative estimate of drug-likeness (QED) is 0.605. The smallest absolute Gasteiger partial charge is 0.122 e. The van der Waals surface area contributed by atoms with Crippen LogP contribution in [0, 0.1) is 0 Å². The van der Waals surface area contributed by atoms with E-state index < -0.39 is 0 Å². The summed E-state index contributed by atoms with van der Waals surface area (Å²) in [4.78, 5) is 1.47. The fourth-order valence-corrected chi connectivity index (χ4v) is 2.75. The van der Waals surface area contributed by atoms with Gasteiger partial charge in [-0.3, -0.25) is 0 Å². The van der Waals surface area contributed by atoms with E-state index in [2.05, 4.69) is 68.7 Å². The molecule has 0 bridgehead atoms. The number of para-hydroxylation sites is 1. The summed E-state index contributed by atoms with van der Waals surface area (Å²) < 4.78 is 5.99.